The van der Waals surface area contributed by atoms with Crippen LogP contribution in [0.2, 0.25) is 0 Å². The van der Waals surface area contributed by atoms with E-state index in [1.807, 2.05) is 0 Å². The van der Waals surface area contributed by atoms with Gasteiger partial charge in [-0.3, -0.25) is 0 Å². The second-order valence-corrected chi connectivity index (χ2v) is 22.5. The molecule has 1 aliphatic heterocycles. The normalized spacial score (nSPS) is 14.8. The summed E-state index contributed by atoms with van der Waals surface area (Å²) in [5.74, 6) is -0.399. The Balaban J connectivity index is 1.56. The first-order valence-electron chi connectivity index (χ1n) is 26.3. The minimum atomic E-state index is -1.36. The van der Waals surface area contributed by atoms with Crippen LogP contribution in [-0.2, 0) is 10.3 Å². The summed E-state index contributed by atoms with van der Waals surface area (Å²) in [6, 6.07) is 35.7. The molecule has 6 rings (SSSR count). The number of halogens is 4. The lowest BCUT2D eigenvalue weighted by molar-refractivity contribution is 0.0298. The molecule has 0 N–H and O–H groups in total. The van der Waals surface area contributed by atoms with Gasteiger partial charge in [0.1, 0.15) is 0 Å². The third kappa shape index (κ3) is 14.6. The Morgan fingerprint density at radius 1 is 0.443 bits per heavy atom. The second kappa shape index (κ2) is 28.1. The lowest BCUT2D eigenvalue weighted by Crippen LogP contribution is -2.26. The van der Waals surface area contributed by atoms with Crippen LogP contribution in [0.3, 0.4) is 0 Å². The lowest BCUT2D eigenvalue weighted by atomic mass is 9.83. The number of cyclic esters (lactones) is 1. The van der Waals surface area contributed by atoms with Gasteiger partial charge in [-0.2, -0.15) is 0 Å². The van der Waals surface area contributed by atoms with Gasteiger partial charge < -0.3 is 14.5 Å². The maximum absolute atomic E-state index is 14.7. The van der Waals surface area contributed by atoms with E-state index in [2.05, 4.69) is 224 Å². The molecule has 8 heteroatoms. The molecule has 1 aliphatic rings. The highest BCUT2D eigenvalue weighted by Gasteiger charge is 2.48. The van der Waals surface area contributed by atoms with Crippen molar-refractivity contribution in [1.29, 1.82) is 0 Å². The lowest BCUT2D eigenvalue weighted by Gasteiger charge is -2.28. The van der Waals surface area contributed by atoms with Crippen molar-refractivity contribution in [3.8, 4) is 0 Å². The summed E-state index contributed by atoms with van der Waals surface area (Å²) in [6.07, 6.45) is 24.1. The fraction of sp³-hybridized carbons (Fsp3) is 0.435. The Morgan fingerprint density at radius 3 is 1.09 bits per heavy atom. The van der Waals surface area contributed by atoms with Crippen LogP contribution < -0.4 is 9.80 Å². The average Bonchev–Trinajstić information content (AvgIpc) is 3.66. The van der Waals surface area contributed by atoms with E-state index in [0.717, 1.165) is 78.6 Å². The molecule has 0 aliphatic carbocycles. The Morgan fingerprint density at radius 2 is 0.757 bits per heavy atom. The molecule has 0 radical (unpaired) electrons. The van der Waals surface area contributed by atoms with Crippen LogP contribution in [0.5, 0.6) is 0 Å². The van der Waals surface area contributed by atoms with Crippen molar-refractivity contribution in [1.82, 2.24) is 0 Å². The van der Waals surface area contributed by atoms with Crippen molar-refractivity contribution >= 4 is 92.2 Å². The number of hydrogen-bond donors (Lipinski definition) is 0. The van der Waals surface area contributed by atoms with Crippen LogP contribution in [0.1, 0.15) is 180 Å². The van der Waals surface area contributed by atoms with E-state index in [0.29, 0.717) is 10.0 Å². The molecular formula is C62H76Br4N2O2. The Bertz CT molecular complexity index is 2340. The number of fused-ring (bicyclic) bond motifs is 1. The highest BCUT2D eigenvalue weighted by molar-refractivity contribution is 9.15. The molecule has 4 nitrogen and oxygen atoms in total. The maximum Gasteiger partial charge on any atom is 0.341 e. The number of esters is 1. The molecule has 0 bridgehead atoms. The quantitative estimate of drug-likeness (QED) is 0.0216. The van der Waals surface area contributed by atoms with Crippen molar-refractivity contribution in [3.05, 3.63) is 172 Å². The van der Waals surface area contributed by atoms with Gasteiger partial charge >= 0.3 is 5.97 Å². The number of benzene rings is 5. The smallest absolute Gasteiger partial charge is 0.341 e. The summed E-state index contributed by atoms with van der Waals surface area (Å²) >= 11 is 15.5. The van der Waals surface area contributed by atoms with Gasteiger partial charge in [0.05, 0.1) is 5.56 Å². The fourth-order valence-corrected chi connectivity index (χ4v) is 12.2. The summed E-state index contributed by atoms with van der Waals surface area (Å²) in [5, 5.41) is 0. The monoisotopic (exact) mass is 1200 g/mol. The topological polar surface area (TPSA) is 32.8 Å². The zero-order valence-electron chi connectivity index (χ0n) is 42.8. The standard InChI is InChI=1S/C62H76Br4N2O2/c1-7-11-15-19-39-67(40-20-16-12-8-2)51-35-31-49(32-36-51)53(47-27-23-45(5)24-28-47)43-62(56-55(61(69)70-62)57(63)59(65)60(66)58(56)64)44-54(48-29-25-46(6)26-30-48)50-33-37-52(38-34-50)68(41-21-17-13-9-3)42-22-18-14-10-4/h23-38,43-44H,7-22,39-42H2,1-6H3/b53-43+,54-44+. The van der Waals surface area contributed by atoms with E-state index in [1.165, 1.54) is 125 Å². The van der Waals surface area contributed by atoms with Crippen LogP contribution >= 0.6 is 63.7 Å². The first kappa shape index (κ1) is 55.9. The van der Waals surface area contributed by atoms with Crippen molar-refractivity contribution in [2.45, 2.75) is 150 Å². The number of aryl methyl sites for hydroxylation is 2. The van der Waals surface area contributed by atoms with Crippen LogP contribution in [0.15, 0.2) is 127 Å². The van der Waals surface area contributed by atoms with Gasteiger partial charge in [0.15, 0.2) is 5.60 Å². The van der Waals surface area contributed by atoms with E-state index in [1.54, 1.807) is 0 Å². The molecule has 374 valence electrons. The van der Waals surface area contributed by atoms with Crippen molar-refractivity contribution in [2.24, 2.45) is 0 Å². The third-order valence-electron chi connectivity index (χ3n) is 13.8. The Labute approximate surface area is 455 Å². The molecule has 5 aromatic carbocycles. The van der Waals surface area contributed by atoms with Gasteiger partial charge in [-0.1, -0.05) is 189 Å². The molecule has 0 aromatic heterocycles. The van der Waals surface area contributed by atoms with Crippen LogP contribution in [0, 0.1) is 13.8 Å². The molecule has 5 aromatic rings. The molecule has 0 fully saturated rings. The van der Waals surface area contributed by atoms with Gasteiger partial charge in [0.2, 0.25) is 0 Å². The van der Waals surface area contributed by atoms with E-state index >= 15 is 0 Å². The first-order chi connectivity index (χ1) is 33.9. The Kier molecular flexibility index (Phi) is 22.5. The molecule has 0 unspecified atom stereocenters. The van der Waals surface area contributed by atoms with Crippen molar-refractivity contribution in [2.75, 3.05) is 36.0 Å². The van der Waals surface area contributed by atoms with Crippen molar-refractivity contribution in [3.63, 3.8) is 0 Å². The predicted molar refractivity (Wildman–Crippen MR) is 315 cm³/mol. The molecule has 0 saturated carbocycles. The molecule has 1 heterocycles. The van der Waals surface area contributed by atoms with E-state index in [-0.39, 0.29) is 0 Å². The summed E-state index contributed by atoms with van der Waals surface area (Å²) in [5.41, 5.74) is 10.8. The molecule has 0 atom stereocenters. The number of carbonyl (C=O) groups is 1. The number of nitrogens with zero attached hydrogens (tertiary/aromatic N) is 2. The van der Waals surface area contributed by atoms with E-state index in [9.17, 15) is 4.79 Å². The van der Waals surface area contributed by atoms with Crippen LogP contribution in [0.4, 0.5) is 11.4 Å². The number of unbranched alkanes of at least 4 members (excludes halogenated alkanes) is 12. The molecule has 0 spiro atoms. The fourth-order valence-electron chi connectivity index (χ4n) is 9.61. The Hall–Kier alpha value is -3.43. The van der Waals surface area contributed by atoms with Crippen LogP contribution in [-0.4, -0.2) is 32.1 Å². The molecular weight excluding hydrogens is 1120 g/mol. The highest BCUT2D eigenvalue weighted by Crippen LogP contribution is 2.54. The van der Waals surface area contributed by atoms with Gasteiger partial charge in [-0.15, -0.1) is 0 Å². The van der Waals surface area contributed by atoms with E-state index < -0.39 is 11.6 Å². The number of ether oxygens (including phenoxy) is 1. The van der Waals surface area contributed by atoms with Gasteiger partial charge in [-0.05, 0) is 173 Å². The number of anilines is 2. The molecule has 0 saturated heterocycles. The number of hydrogen-bond acceptors (Lipinski definition) is 4. The summed E-state index contributed by atoms with van der Waals surface area (Å²) in [4.78, 5) is 19.9. The third-order valence-corrected chi connectivity index (χ3v) is 18.5. The number of carbonyl (C=O) groups excluding carboxylic acids is 1. The van der Waals surface area contributed by atoms with Gasteiger partial charge in [-0.25, -0.2) is 4.79 Å². The van der Waals surface area contributed by atoms with Crippen molar-refractivity contribution < 1.29 is 9.53 Å². The van der Waals surface area contributed by atoms with Gasteiger partial charge in [0.25, 0.3) is 0 Å². The molecule has 70 heavy (non-hydrogen) atoms. The summed E-state index contributed by atoms with van der Waals surface area (Å²) in [6.45, 7) is 17.6. The highest BCUT2D eigenvalue weighted by atomic mass is 79.9. The van der Waals surface area contributed by atoms with Crippen LogP contribution in [0.25, 0.3) is 11.1 Å². The minimum absolute atomic E-state index is 0.399. The summed E-state index contributed by atoms with van der Waals surface area (Å²) in [7, 11) is 0. The number of rotatable bonds is 28. The largest absolute Gasteiger partial charge is 0.442 e. The zero-order valence-corrected chi connectivity index (χ0v) is 49.1. The SMILES string of the molecule is CCCCCCN(CCCCCC)c1ccc(/C(=C/C2(/C=C(\c3ccc(C)cc3)c3ccc(N(CCCCCC)CCCCCC)cc3)OC(=O)c3c(Br)c(Br)c(Br)c(Br)c32)c2ccc(C)cc2)cc1. The summed E-state index contributed by atoms with van der Waals surface area (Å²) < 4.78 is 9.88. The molecule has 0 amide bonds. The maximum atomic E-state index is 14.7. The average molecular weight is 1200 g/mol. The minimum Gasteiger partial charge on any atom is -0.442 e. The van der Waals surface area contributed by atoms with E-state index in [4.69, 9.17) is 4.74 Å². The first-order valence-corrected chi connectivity index (χ1v) is 29.5. The predicted octanol–water partition coefficient (Wildman–Crippen LogP) is 19.9. The second-order valence-electron chi connectivity index (χ2n) is 19.3. The zero-order chi connectivity index (χ0) is 50.0. The van der Waals surface area contributed by atoms with Gasteiger partial charge in [0, 0.05) is 61.0 Å².